The third-order valence-corrected chi connectivity index (χ3v) is 3.31. The summed E-state index contributed by atoms with van der Waals surface area (Å²) in [5.41, 5.74) is 0. The van der Waals surface area contributed by atoms with Crippen LogP contribution >= 0.6 is 12.8 Å². The van der Waals surface area contributed by atoms with Crippen LogP contribution in [-0.4, -0.2) is 118 Å². The second-order valence-corrected chi connectivity index (χ2v) is 5.72. The number of rotatable bonds is 18. The molecule has 0 aromatic carbocycles. The van der Waals surface area contributed by atoms with Crippen molar-refractivity contribution in [3.8, 4) is 0 Å². The van der Waals surface area contributed by atoms with Crippen LogP contribution in [0.5, 0.6) is 0 Å². The summed E-state index contributed by atoms with van der Waals surface area (Å²) < 4.78 is 0. The topological polar surface area (TPSA) is 189 Å². The number of nitrogens with zero attached hydrogens (tertiary/aromatic N) is 3. The van der Waals surface area contributed by atoms with Crippen molar-refractivity contribution < 1.29 is 49.5 Å². The summed E-state index contributed by atoms with van der Waals surface area (Å²) in [6, 6.07) is 0. The molecule has 0 saturated carbocycles. The minimum atomic E-state index is -1.21. The molecule has 0 aliphatic rings. The highest BCUT2D eigenvalue weighted by Gasteiger charge is 2.18. The van der Waals surface area contributed by atoms with E-state index in [2.05, 4.69) is 22.7 Å². The zero-order valence-electron chi connectivity index (χ0n) is 14.9. The van der Waals surface area contributed by atoms with Crippen LogP contribution in [0.1, 0.15) is 0 Å². The summed E-state index contributed by atoms with van der Waals surface area (Å²) in [6.45, 7) is -1.83. The van der Waals surface area contributed by atoms with Gasteiger partial charge in [0.15, 0.2) is 0 Å². The van der Waals surface area contributed by atoms with Gasteiger partial charge in [-0.2, -0.15) is 0 Å². The van der Waals surface area contributed by atoms with Crippen LogP contribution < -0.4 is 4.89 Å². The van der Waals surface area contributed by atoms with Gasteiger partial charge in [0.1, 0.15) is 6.73 Å². The molecule has 0 saturated heterocycles. The summed E-state index contributed by atoms with van der Waals surface area (Å²) in [6.07, 6.45) is 0. The van der Waals surface area contributed by atoms with Gasteiger partial charge in [-0.25, -0.2) is 4.89 Å². The van der Waals surface area contributed by atoms with Gasteiger partial charge in [0.25, 0.3) is 0 Å². The smallest absolute Gasteiger partial charge is 0.317 e. The fourth-order valence-electron chi connectivity index (χ4n) is 2.13. The van der Waals surface area contributed by atoms with Crippen molar-refractivity contribution >= 4 is 36.7 Å². The molecular weight excluding hydrogens is 404 g/mol. The molecule has 5 N–H and O–H groups in total. The van der Waals surface area contributed by atoms with Gasteiger partial charge in [0.2, 0.25) is 0 Å². The van der Waals surface area contributed by atoms with E-state index in [1.54, 1.807) is 0 Å². The van der Waals surface area contributed by atoms with E-state index in [1.165, 1.54) is 9.80 Å². The largest absolute Gasteiger partial charge is 0.480 e. The van der Waals surface area contributed by atoms with Gasteiger partial charge in [0, 0.05) is 26.2 Å². The van der Waals surface area contributed by atoms with Crippen molar-refractivity contribution in [3.63, 3.8) is 0 Å². The molecule has 0 aromatic rings. The molecule has 0 atom stereocenters. The van der Waals surface area contributed by atoms with E-state index in [4.69, 9.17) is 20.4 Å². The molecule has 0 amide bonds. The first-order chi connectivity index (χ1) is 13.1. The summed E-state index contributed by atoms with van der Waals surface area (Å²) in [5.74, 6) is -4.71. The number of aliphatic carboxylic acids is 4. The number of nitrogens with one attached hydrogen (secondary N) is 1. The number of carboxylic acids is 4. The van der Waals surface area contributed by atoms with E-state index in [9.17, 15) is 19.2 Å². The minimum absolute atomic E-state index is 0.00596. The highest BCUT2D eigenvalue weighted by Crippen LogP contribution is 1.97. The maximum Gasteiger partial charge on any atom is 0.317 e. The number of hydrogen-bond acceptors (Lipinski definition) is 11. The Morgan fingerprint density at radius 2 is 1.04 bits per heavy atom. The zero-order chi connectivity index (χ0) is 21.5. The summed E-state index contributed by atoms with van der Waals surface area (Å²) >= 11 is 3.52. The van der Waals surface area contributed by atoms with Crippen molar-refractivity contribution in [2.45, 2.75) is 0 Å². The fourth-order valence-corrected chi connectivity index (χ4v) is 2.18. The minimum Gasteiger partial charge on any atom is -0.480 e. The van der Waals surface area contributed by atoms with Crippen LogP contribution in [0.3, 0.4) is 0 Å². The first-order valence-corrected chi connectivity index (χ1v) is 8.30. The molecule has 0 aromatic heterocycles. The van der Waals surface area contributed by atoms with E-state index in [0.29, 0.717) is 0 Å². The summed E-state index contributed by atoms with van der Waals surface area (Å²) in [7, 11) is 0. The summed E-state index contributed by atoms with van der Waals surface area (Å²) in [4.78, 5) is 58.3. The lowest BCUT2D eigenvalue weighted by atomic mass is 10.3. The highest BCUT2D eigenvalue weighted by atomic mass is 32.1. The second kappa shape index (κ2) is 15.0. The Bertz CT molecular complexity index is 508. The van der Waals surface area contributed by atoms with Gasteiger partial charge in [-0.1, -0.05) is 12.8 Å². The third kappa shape index (κ3) is 15.1. The lowest BCUT2D eigenvalue weighted by Gasteiger charge is -2.27. The van der Waals surface area contributed by atoms with Crippen LogP contribution in [0.4, 0.5) is 0 Å². The average Bonchev–Trinajstić information content (AvgIpc) is 2.55. The normalized spacial score (nSPS) is 11.3. The van der Waals surface area contributed by atoms with Crippen molar-refractivity contribution in [3.05, 3.63) is 0 Å². The molecule has 28 heavy (non-hydrogen) atoms. The number of hydrogen-bond donors (Lipinski definition) is 6. The van der Waals surface area contributed by atoms with Crippen LogP contribution in [0, 0.1) is 0 Å². The fraction of sp³-hybridized carbons (Fsp3) is 0.692. The predicted octanol–water partition coefficient (Wildman–Crippen LogP) is -2.51. The Kier molecular flexibility index (Phi) is 13.9. The van der Waals surface area contributed by atoms with E-state index in [1.807, 2.05) is 4.89 Å². The molecule has 15 heteroatoms. The maximum absolute atomic E-state index is 11.0. The van der Waals surface area contributed by atoms with E-state index in [-0.39, 0.29) is 32.9 Å². The average molecular weight is 428 g/mol. The molecule has 0 unspecified atom stereocenters. The molecular formula is C13H24N4O10S. The second-order valence-electron chi connectivity index (χ2n) is 5.54. The Morgan fingerprint density at radius 3 is 1.46 bits per heavy atom. The van der Waals surface area contributed by atoms with Crippen molar-refractivity contribution in [2.75, 3.05) is 59.1 Å². The highest BCUT2D eigenvalue weighted by molar-refractivity contribution is 7.77. The summed E-state index contributed by atoms with van der Waals surface area (Å²) in [5, 5.41) is 35.6. The monoisotopic (exact) mass is 428 g/mol. The number of thiol groups is 1. The lowest BCUT2D eigenvalue weighted by molar-refractivity contribution is -0.334. The van der Waals surface area contributed by atoms with Gasteiger partial charge in [0.05, 0.1) is 26.2 Å². The number of carbonyl (C=O) groups is 4. The van der Waals surface area contributed by atoms with E-state index >= 15 is 0 Å². The van der Waals surface area contributed by atoms with Crippen LogP contribution in [0.2, 0.25) is 0 Å². The first-order valence-electron chi connectivity index (χ1n) is 7.85. The van der Waals surface area contributed by atoms with Gasteiger partial charge in [-0.15, -0.1) is 9.87 Å². The van der Waals surface area contributed by atoms with Crippen LogP contribution in [-0.2, 0) is 29.1 Å². The Balaban J connectivity index is 4.78. The molecule has 0 heterocycles. The Labute approximate surface area is 165 Å². The molecule has 162 valence electrons. The molecule has 0 fully saturated rings. The van der Waals surface area contributed by atoms with Crippen molar-refractivity contribution in [1.82, 2.24) is 19.6 Å². The Hall–Kier alpha value is -2.01. The van der Waals surface area contributed by atoms with Gasteiger partial charge >= 0.3 is 23.9 Å². The van der Waals surface area contributed by atoms with Crippen LogP contribution in [0.15, 0.2) is 0 Å². The first kappa shape index (κ1) is 26.0. The zero-order valence-corrected chi connectivity index (χ0v) is 15.8. The number of carboxylic acid groups (broad SMARTS) is 4. The molecule has 0 rings (SSSR count). The maximum atomic E-state index is 11.0. The Morgan fingerprint density at radius 1 is 0.679 bits per heavy atom. The molecule has 0 aliphatic heterocycles. The molecule has 0 radical (unpaired) electrons. The molecule has 0 aliphatic carbocycles. The van der Waals surface area contributed by atoms with Crippen molar-refractivity contribution in [2.24, 2.45) is 0 Å². The predicted molar refractivity (Wildman–Crippen MR) is 94.2 cm³/mol. The molecule has 0 spiro atoms. The van der Waals surface area contributed by atoms with Gasteiger partial charge < -0.3 is 20.4 Å². The quantitative estimate of drug-likeness (QED) is 0.0441. The van der Waals surface area contributed by atoms with E-state index < -0.39 is 50.1 Å². The van der Waals surface area contributed by atoms with Crippen molar-refractivity contribution in [1.29, 1.82) is 0 Å². The third-order valence-electron chi connectivity index (χ3n) is 3.23. The molecule has 14 nitrogen and oxygen atoms in total. The standard InChI is InChI=1S/C13H24N4O10S/c18-10(19)5-15(1-3-16(6-11(20)21)7-12(22)23)2-4-17(8-13(24)25)9-26-27-14-28/h14,28H,1-9H2,(H,18,19)(H,20,21)(H,22,23)(H,24,25). The van der Waals surface area contributed by atoms with Crippen LogP contribution in [0.25, 0.3) is 0 Å². The van der Waals surface area contributed by atoms with Gasteiger partial charge in [-0.3, -0.25) is 33.9 Å². The SMILES string of the molecule is O=C(O)CN(CCN(COONS)CC(=O)O)CCN(CC(=O)O)CC(=O)O. The van der Waals surface area contributed by atoms with E-state index in [0.717, 1.165) is 4.90 Å². The van der Waals surface area contributed by atoms with Gasteiger partial charge in [-0.05, 0) is 0 Å². The lowest BCUT2D eigenvalue weighted by Crippen LogP contribution is -2.45. The molecule has 0 bridgehead atoms.